The smallest absolute Gasteiger partial charge is 0.416 e. The number of methoxy groups -OCH3 is 1. The molecule has 0 saturated heterocycles. The van der Waals surface area contributed by atoms with Crippen LogP contribution in [0.15, 0.2) is 72.8 Å². The minimum atomic E-state index is -4.51. The van der Waals surface area contributed by atoms with Crippen LogP contribution in [0.5, 0.6) is 17.2 Å². The van der Waals surface area contributed by atoms with Crippen LogP contribution in [0.3, 0.4) is 0 Å². The number of ether oxygens (including phenoxy) is 3. The third kappa shape index (κ3) is 7.36. The molecule has 0 spiro atoms. The minimum absolute atomic E-state index is 0.00506. The first-order valence-corrected chi connectivity index (χ1v) is 10.9. The highest BCUT2D eigenvalue weighted by Gasteiger charge is 2.30. The Bertz CT molecular complexity index is 1240. The zero-order valence-electron chi connectivity index (χ0n) is 19.6. The molecule has 0 aliphatic rings. The third-order valence-electron chi connectivity index (χ3n) is 4.90. The first-order valence-electron chi connectivity index (χ1n) is 10.9. The number of nitrogens with one attached hydrogen (secondary N) is 1. The first-order chi connectivity index (χ1) is 17.2. The fraction of sp³-hybridized carbons (Fsp3) is 0.185. The van der Waals surface area contributed by atoms with Gasteiger partial charge in [-0.15, -0.1) is 0 Å². The number of benzene rings is 3. The van der Waals surface area contributed by atoms with Gasteiger partial charge >= 0.3 is 6.18 Å². The Morgan fingerprint density at radius 1 is 0.944 bits per heavy atom. The van der Waals surface area contributed by atoms with Crippen LogP contribution in [-0.4, -0.2) is 32.0 Å². The molecule has 188 valence electrons. The van der Waals surface area contributed by atoms with Gasteiger partial charge in [-0.3, -0.25) is 9.59 Å². The molecule has 3 aromatic rings. The zero-order chi connectivity index (χ0) is 26.1. The predicted molar refractivity (Wildman–Crippen MR) is 130 cm³/mol. The SMILES string of the molecule is CCOc1cc(/C=C/C(=O)c2ccc(OC)cc2)ccc1OCC(=O)Nc1cccc(C(F)(F)F)c1. The maximum atomic E-state index is 12.9. The quantitative estimate of drug-likeness (QED) is 0.273. The van der Waals surface area contributed by atoms with Crippen molar-refractivity contribution in [3.05, 3.63) is 89.5 Å². The van der Waals surface area contributed by atoms with Gasteiger partial charge in [0.1, 0.15) is 5.75 Å². The molecule has 3 rings (SSSR count). The highest BCUT2D eigenvalue weighted by molar-refractivity contribution is 6.06. The number of alkyl halides is 3. The van der Waals surface area contributed by atoms with Crippen molar-refractivity contribution in [3.8, 4) is 17.2 Å². The molecule has 3 aromatic carbocycles. The van der Waals surface area contributed by atoms with Crippen LogP contribution in [0.25, 0.3) is 6.08 Å². The van der Waals surface area contributed by atoms with Crippen molar-refractivity contribution in [2.75, 3.05) is 25.6 Å². The van der Waals surface area contributed by atoms with Crippen molar-refractivity contribution in [1.29, 1.82) is 0 Å². The number of carbonyl (C=O) groups excluding carboxylic acids is 2. The fourth-order valence-electron chi connectivity index (χ4n) is 3.15. The summed E-state index contributed by atoms with van der Waals surface area (Å²) in [6, 6.07) is 16.0. The largest absolute Gasteiger partial charge is 0.497 e. The van der Waals surface area contributed by atoms with E-state index in [9.17, 15) is 22.8 Å². The van der Waals surface area contributed by atoms with Crippen LogP contribution >= 0.6 is 0 Å². The molecule has 1 amide bonds. The summed E-state index contributed by atoms with van der Waals surface area (Å²) >= 11 is 0. The number of amides is 1. The lowest BCUT2D eigenvalue weighted by Gasteiger charge is -2.13. The second-order valence-electron chi connectivity index (χ2n) is 7.48. The summed E-state index contributed by atoms with van der Waals surface area (Å²) in [7, 11) is 1.54. The third-order valence-corrected chi connectivity index (χ3v) is 4.90. The summed E-state index contributed by atoms with van der Waals surface area (Å²) in [5, 5.41) is 2.38. The number of carbonyl (C=O) groups is 2. The van der Waals surface area contributed by atoms with Crippen LogP contribution in [0.1, 0.15) is 28.4 Å². The first kappa shape index (κ1) is 26.3. The van der Waals surface area contributed by atoms with E-state index in [1.54, 1.807) is 62.6 Å². The molecule has 0 heterocycles. The van der Waals surface area contributed by atoms with Crippen LogP contribution in [0.2, 0.25) is 0 Å². The summed E-state index contributed by atoms with van der Waals surface area (Å²) in [6.07, 6.45) is -1.46. The van der Waals surface area contributed by atoms with Crippen LogP contribution in [0.4, 0.5) is 18.9 Å². The van der Waals surface area contributed by atoms with E-state index >= 15 is 0 Å². The molecule has 0 aliphatic carbocycles. The Kier molecular flexibility index (Phi) is 8.72. The number of halogens is 3. The Hall–Kier alpha value is -4.27. The number of ketones is 1. The van der Waals surface area contributed by atoms with E-state index in [1.807, 2.05) is 0 Å². The number of hydrogen-bond acceptors (Lipinski definition) is 5. The number of rotatable bonds is 10. The van der Waals surface area contributed by atoms with Gasteiger partial charge in [0.05, 0.1) is 19.3 Å². The number of anilines is 1. The lowest BCUT2D eigenvalue weighted by Crippen LogP contribution is -2.20. The highest BCUT2D eigenvalue weighted by Crippen LogP contribution is 2.31. The highest BCUT2D eigenvalue weighted by atomic mass is 19.4. The van der Waals surface area contributed by atoms with Gasteiger partial charge in [0.15, 0.2) is 23.9 Å². The van der Waals surface area contributed by atoms with E-state index in [0.717, 1.165) is 12.1 Å². The second-order valence-corrected chi connectivity index (χ2v) is 7.48. The Morgan fingerprint density at radius 3 is 2.36 bits per heavy atom. The number of allylic oxidation sites excluding steroid dienone is 1. The van der Waals surface area contributed by atoms with E-state index in [1.165, 1.54) is 18.2 Å². The van der Waals surface area contributed by atoms with Gasteiger partial charge in [0.2, 0.25) is 0 Å². The topological polar surface area (TPSA) is 73.9 Å². The maximum Gasteiger partial charge on any atom is 0.416 e. The Labute approximate surface area is 206 Å². The zero-order valence-corrected chi connectivity index (χ0v) is 19.6. The summed E-state index contributed by atoms with van der Waals surface area (Å²) in [4.78, 5) is 24.6. The van der Waals surface area contributed by atoms with Gasteiger partial charge in [-0.25, -0.2) is 0 Å². The van der Waals surface area contributed by atoms with Crippen molar-refractivity contribution in [1.82, 2.24) is 0 Å². The maximum absolute atomic E-state index is 12.9. The lowest BCUT2D eigenvalue weighted by molar-refractivity contribution is -0.137. The summed E-state index contributed by atoms with van der Waals surface area (Å²) in [5.74, 6) is 0.446. The molecule has 0 aromatic heterocycles. The number of hydrogen-bond donors (Lipinski definition) is 1. The molecule has 6 nitrogen and oxygen atoms in total. The fourth-order valence-corrected chi connectivity index (χ4v) is 3.15. The lowest BCUT2D eigenvalue weighted by atomic mass is 10.1. The monoisotopic (exact) mass is 499 g/mol. The molecule has 0 fully saturated rings. The van der Waals surface area contributed by atoms with Crippen LogP contribution < -0.4 is 19.5 Å². The van der Waals surface area contributed by atoms with Gasteiger partial charge in [-0.1, -0.05) is 18.2 Å². The van der Waals surface area contributed by atoms with Crippen LogP contribution in [0, 0.1) is 0 Å². The molecule has 0 saturated carbocycles. The van der Waals surface area contributed by atoms with Gasteiger partial charge in [0, 0.05) is 11.3 Å². The normalized spacial score (nSPS) is 11.2. The molecular formula is C27H24F3NO5. The molecule has 0 aliphatic heterocycles. The van der Waals surface area contributed by atoms with E-state index in [-0.39, 0.29) is 17.2 Å². The average Bonchev–Trinajstić information content (AvgIpc) is 2.86. The molecule has 0 atom stereocenters. The molecule has 0 bridgehead atoms. The Morgan fingerprint density at radius 2 is 1.69 bits per heavy atom. The molecule has 0 unspecified atom stereocenters. The van der Waals surface area contributed by atoms with E-state index in [0.29, 0.717) is 29.2 Å². The molecule has 36 heavy (non-hydrogen) atoms. The van der Waals surface area contributed by atoms with Crippen molar-refractivity contribution in [3.63, 3.8) is 0 Å². The van der Waals surface area contributed by atoms with Crippen LogP contribution in [-0.2, 0) is 11.0 Å². The van der Waals surface area contributed by atoms with Crippen molar-refractivity contribution >= 4 is 23.5 Å². The van der Waals surface area contributed by atoms with Crippen molar-refractivity contribution < 1.29 is 37.0 Å². The molecular weight excluding hydrogens is 475 g/mol. The second kappa shape index (κ2) is 11.9. The van der Waals surface area contributed by atoms with Gasteiger partial charge in [-0.05, 0) is 73.2 Å². The van der Waals surface area contributed by atoms with E-state index in [2.05, 4.69) is 5.32 Å². The van der Waals surface area contributed by atoms with E-state index < -0.39 is 24.3 Å². The standard InChI is InChI=1S/C27H24F3NO5/c1-3-35-25-15-18(7-13-23(32)19-9-11-22(34-2)12-10-19)8-14-24(25)36-17-26(33)31-21-6-4-5-20(16-21)27(28,29)30/h4-16H,3,17H2,1-2H3,(H,31,33)/b13-7+. The predicted octanol–water partition coefficient (Wildman–Crippen LogP) is 6.03. The Balaban J connectivity index is 1.64. The van der Waals surface area contributed by atoms with Gasteiger partial charge < -0.3 is 19.5 Å². The van der Waals surface area contributed by atoms with Crippen molar-refractivity contribution in [2.45, 2.75) is 13.1 Å². The van der Waals surface area contributed by atoms with Gasteiger partial charge in [-0.2, -0.15) is 13.2 Å². The summed E-state index contributed by atoms with van der Waals surface area (Å²) in [5.41, 5.74) is 0.310. The summed E-state index contributed by atoms with van der Waals surface area (Å²) in [6.45, 7) is 1.66. The van der Waals surface area contributed by atoms with Gasteiger partial charge in [0.25, 0.3) is 5.91 Å². The molecule has 9 heteroatoms. The summed E-state index contributed by atoms with van der Waals surface area (Å²) < 4.78 is 54.8. The molecule has 1 N–H and O–H groups in total. The minimum Gasteiger partial charge on any atom is -0.497 e. The van der Waals surface area contributed by atoms with E-state index in [4.69, 9.17) is 14.2 Å². The van der Waals surface area contributed by atoms with Crippen molar-refractivity contribution in [2.24, 2.45) is 0 Å². The average molecular weight is 499 g/mol. The molecule has 0 radical (unpaired) electrons.